The summed E-state index contributed by atoms with van der Waals surface area (Å²) in [6, 6.07) is 0.112. The predicted molar refractivity (Wildman–Crippen MR) is 51.5 cm³/mol. The van der Waals surface area contributed by atoms with Crippen molar-refractivity contribution in [3.8, 4) is 0 Å². The Kier molecular flexibility index (Phi) is 2.37. The molecule has 0 radical (unpaired) electrons. The smallest absolute Gasteiger partial charge is 0.253 e. The number of nitrogens with zero attached hydrogens (tertiary/aromatic N) is 2. The van der Waals surface area contributed by atoms with Gasteiger partial charge in [-0.2, -0.15) is 0 Å². The van der Waals surface area contributed by atoms with Crippen molar-refractivity contribution in [2.75, 3.05) is 20.1 Å². The molecule has 2 rings (SSSR count). The molecule has 0 N–H and O–H groups in total. The maximum atomic E-state index is 11.4. The van der Waals surface area contributed by atoms with Crippen LogP contribution in [0.25, 0.3) is 0 Å². The minimum atomic E-state index is -0.149. The molecule has 0 atom stereocenters. The summed E-state index contributed by atoms with van der Waals surface area (Å²) in [5, 5.41) is 0. The van der Waals surface area contributed by atoms with Crippen LogP contribution in [-0.2, 0) is 9.59 Å². The second-order valence-corrected chi connectivity index (χ2v) is 3.91. The number of hydrogen-bond donors (Lipinski definition) is 0. The highest BCUT2D eigenvalue weighted by Gasteiger charge is 2.32. The number of imide groups is 1. The summed E-state index contributed by atoms with van der Waals surface area (Å²) in [6.07, 6.45) is 4.52. The van der Waals surface area contributed by atoms with Crippen molar-refractivity contribution in [3.05, 3.63) is 12.2 Å². The Labute approximate surface area is 83.2 Å². The SMILES string of the molecule is CN1CCC(N2C(=O)C=CC2=O)CC1. The van der Waals surface area contributed by atoms with Crippen molar-refractivity contribution in [1.82, 2.24) is 9.80 Å². The van der Waals surface area contributed by atoms with Crippen molar-refractivity contribution in [2.45, 2.75) is 18.9 Å². The Morgan fingerprint density at radius 1 is 1.14 bits per heavy atom. The standard InChI is InChI=1S/C10H14N2O2/c1-11-6-4-8(5-7-11)12-9(13)2-3-10(12)14/h2-3,8H,4-7H2,1H3. The van der Waals surface area contributed by atoms with E-state index in [0.29, 0.717) is 0 Å². The second kappa shape index (κ2) is 3.53. The van der Waals surface area contributed by atoms with Crippen LogP contribution >= 0.6 is 0 Å². The molecule has 1 saturated heterocycles. The average molecular weight is 194 g/mol. The lowest BCUT2D eigenvalue weighted by molar-refractivity contribution is -0.140. The third-order valence-electron chi connectivity index (χ3n) is 2.90. The molecule has 76 valence electrons. The van der Waals surface area contributed by atoms with Crippen molar-refractivity contribution >= 4 is 11.8 Å². The minimum absolute atomic E-state index is 0.112. The number of likely N-dealkylation sites (tertiary alicyclic amines) is 1. The van der Waals surface area contributed by atoms with Gasteiger partial charge in [-0.1, -0.05) is 0 Å². The third-order valence-corrected chi connectivity index (χ3v) is 2.90. The number of amides is 2. The normalized spacial score (nSPS) is 25.1. The molecule has 0 aliphatic carbocycles. The molecule has 2 aliphatic heterocycles. The van der Waals surface area contributed by atoms with Gasteiger partial charge in [0.2, 0.25) is 0 Å². The summed E-state index contributed by atoms with van der Waals surface area (Å²) in [4.78, 5) is 26.4. The molecule has 14 heavy (non-hydrogen) atoms. The van der Waals surface area contributed by atoms with E-state index in [9.17, 15) is 9.59 Å². The number of piperidine rings is 1. The molecule has 0 bridgehead atoms. The quantitative estimate of drug-likeness (QED) is 0.552. The molecule has 4 heteroatoms. The van der Waals surface area contributed by atoms with Gasteiger partial charge in [0.05, 0.1) is 0 Å². The number of hydrogen-bond acceptors (Lipinski definition) is 3. The Bertz CT molecular complexity index is 272. The molecule has 2 aliphatic rings. The van der Waals surface area contributed by atoms with Gasteiger partial charge in [-0.15, -0.1) is 0 Å². The van der Waals surface area contributed by atoms with Gasteiger partial charge >= 0.3 is 0 Å². The molecule has 0 unspecified atom stereocenters. The minimum Gasteiger partial charge on any atom is -0.306 e. The summed E-state index contributed by atoms with van der Waals surface area (Å²) in [7, 11) is 2.06. The van der Waals surface area contributed by atoms with Gasteiger partial charge in [-0.05, 0) is 33.0 Å². The van der Waals surface area contributed by atoms with Gasteiger partial charge in [-0.3, -0.25) is 14.5 Å². The van der Waals surface area contributed by atoms with E-state index in [4.69, 9.17) is 0 Å². The van der Waals surface area contributed by atoms with Crippen LogP contribution in [0, 0.1) is 0 Å². The molecule has 2 amide bonds. The summed E-state index contributed by atoms with van der Waals surface area (Å²) < 4.78 is 0. The van der Waals surface area contributed by atoms with Crippen LogP contribution in [0.4, 0.5) is 0 Å². The predicted octanol–water partition coefficient (Wildman–Crippen LogP) is 0.00560. The molecule has 4 nitrogen and oxygen atoms in total. The molecule has 2 heterocycles. The molecule has 1 fully saturated rings. The van der Waals surface area contributed by atoms with E-state index in [-0.39, 0.29) is 17.9 Å². The topological polar surface area (TPSA) is 40.6 Å². The Morgan fingerprint density at radius 2 is 1.64 bits per heavy atom. The molecular weight excluding hydrogens is 180 g/mol. The van der Waals surface area contributed by atoms with E-state index in [1.54, 1.807) is 0 Å². The maximum absolute atomic E-state index is 11.4. The largest absolute Gasteiger partial charge is 0.306 e. The van der Waals surface area contributed by atoms with Gasteiger partial charge in [0.25, 0.3) is 11.8 Å². The zero-order chi connectivity index (χ0) is 10.1. The highest BCUT2D eigenvalue weighted by Crippen LogP contribution is 2.19. The molecule has 0 aromatic rings. The average Bonchev–Trinajstić information content (AvgIpc) is 2.49. The number of carbonyl (C=O) groups is 2. The van der Waals surface area contributed by atoms with Gasteiger partial charge in [0.1, 0.15) is 0 Å². The lowest BCUT2D eigenvalue weighted by Gasteiger charge is -2.33. The zero-order valence-corrected chi connectivity index (χ0v) is 8.27. The first kappa shape index (κ1) is 9.40. The van der Waals surface area contributed by atoms with Gasteiger partial charge < -0.3 is 4.90 Å². The maximum Gasteiger partial charge on any atom is 0.253 e. The van der Waals surface area contributed by atoms with Crippen LogP contribution in [0.5, 0.6) is 0 Å². The number of carbonyl (C=O) groups excluding carboxylic acids is 2. The fourth-order valence-electron chi connectivity index (χ4n) is 2.02. The molecule has 0 aromatic heterocycles. The van der Waals surface area contributed by atoms with E-state index >= 15 is 0 Å². The van der Waals surface area contributed by atoms with Gasteiger partial charge in [-0.25, -0.2) is 0 Å². The van der Waals surface area contributed by atoms with Crippen LogP contribution < -0.4 is 0 Å². The lowest BCUT2D eigenvalue weighted by Crippen LogP contribution is -2.46. The molecular formula is C10H14N2O2. The van der Waals surface area contributed by atoms with Crippen molar-refractivity contribution in [2.24, 2.45) is 0 Å². The van der Waals surface area contributed by atoms with Crippen LogP contribution in [0.1, 0.15) is 12.8 Å². The van der Waals surface area contributed by atoms with Gasteiger partial charge in [0.15, 0.2) is 0 Å². The summed E-state index contributed by atoms with van der Waals surface area (Å²) in [6.45, 7) is 1.92. The zero-order valence-electron chi connectivity index (χ0n) is 8.27. The molecule has 0 aromatic carbocycles. The Morgan fingerprint density at radius 3 is 2.14 bits per heavy atom. The van der Waals surface area contributed by atoms with Crippen molar-refractivity contribution in [1.29, 1.82) is 0 Å². The molecule has 0 saturated carbocycles. The first-order chi connectivity index (χ1) is 6.68. The summed E-state index contributed by atoms with van der Waals surface area (Å²) in [5.74, 6) is -0.297. The van der Waals surface area contributed by atoms with Crippen LogP contribution in [-0.4, -0.2) is 47.8 Å². The third kappa shape index (κ3) is 1.57. The van der Waals surface area contributed by atoms with Gasteiger partial charge in [0, 0.05) is 18.2 Å². The summed E-state index contributed by atoms with van der Waals surface area (Å²) in [5.41, 5.74) is 0. The number of rotatable bonds is 1. The highest BCUT2D eigenvalue weighted by molar-refractivity contribution is 6.13. The van der Waals surface area contributed by atoms with Crippen LogP contribution in [0.2, 0.25) is 0 Å². The first-order valence-corrected chi connectivity index (χ1v) is 4.92. The van der Waals surface area contributed by atoms with Crippen LogP contribution in [0.3, 0.4) is 0 Å². The summed E-state index contributed by atoms with van der Waals surface area (Å²) >= 11 is 0. The first-order valence-electron chi connectivity index (χ1n) is 4.92. The fourth-order valence-corrected chi connectivity index (χ4v) is 2.02. The van der Waals surface area contributed by atoms with E-state index in [1.165, 1.54) is 17.1 Å². The second-order valence-electron chi connectivity index (χ2n) is 3.91. The van der Waals surface area contributed by atoms with E-state index in [0.717, 1.165) is 25.9 Å². The molecule has 0 spiro atoms. The lowest BCUT2D eigenvalue weighted by atomic mass is 10.0. The highest BCUT2D eigenvalue weighted by atomic mass is 16.2. The van der Waals surface area contributed by atoms with Crippen molar-refractivity contribution < 1.29 is 9.59 Å². The Balaban J connectivity index is 2.02. The van der Waals surface area contributed by atoms with E-state index < -0.39 is 0 Å². The van der Waals surface area contributed by atoms with Crippen molar-refractivity contribution in [3.63, 3.8) is 0 Å². The van der Waals surface area contributed by atoms with E-state index in [2.05, 4.69) is 11.9 Å². The van der Waals surface area contributed by atoms with E-state index in [1.807, 2.05) is 0 Å². The Hall–Kier alpha value is -1.16. The fraction of sp³-hybridized carbons (Fsp3) is 0.600. The monoisotopic (exact) mass is 194 g/mol. The van der Waals surface area contributed by atoms with Crippen LogP contribution in [0.15, 0.2) is 12.2 Å².